The minimum absolute atomic E-state index is 0.0165. The number of carbonyl (C=O) groups is 1. The van der Waals surface area contributed by atoms with Crippen molar-refractivity contribution in [2.75, 3.05) is 11.9 Å². The van der Waals surface area contributed by atoms with Crippen LogP contribution in [0, 0.1) is 0 Å². The smallest absolute Gasteiger partial charge is 0.180 e. The molecule has 0 saturated heterocycles. The third-order valence-electron chi connectivity index (χ3n) is 2.06. The number of nitrogens with zero attached hydrogens (tertiary/aromatic N) is 1. The summed E-state index contributed by atoms with van der Waals surface area (Å²) in [5.74, 6) is 0.0165. The van der Waals surface area contributed by atoms with Gasteiger partial charge in [-0.05, 0) is 32.1 Å². The van der Waals surface area contributed by atoms with Crippen molar-refractivity contribution in [3.63, 3.8) is 0 Å². The molecule has 2 heteroatoms. The van der Waals surface area contributed by atoms with E-state index in [0.717, 1.165) is 11.3 Å². The molecule has 0 aromatic heterocycles. The second-order valence-corrected chi connectivity index (χ2v) is 3.89. The van der Waals surface area contributed by atoms with Crippen LogP contribution in [-0.4, -0.2) is 12.8 Å². The van der Waals surface area contributed by atoms with Crippen LogP contribution in [-0.2, 0) is 4.79 Å². The summed E-state index contributed by atoms with van der Waals surface area (Å²) in [6, 6.07) is 9.90. The Morgan fingerprint density at radius 3 is 2.38 bits per heavy atom. The van der Waals surface area contributed by atoms with E-state index in [0.29, 0.717) is 0 Å². The zero-order valence-electron chi connectivity index (χ0n) is 9.97. The number of benzene rings is 1. The average molecular weight is 215 g/mol. The van der Waals surface area contributed by atoms with Gasteiger partial charge >= 0.3 is 0 Å². The largest absolute Gasteiger partial charge is 0.351 e. The van der Waals surface area contributed by atoms with Crippen LogP contribution >= 0.6 is 0 Å². The highest BCUT2D eigenvalue weighted by molar-refractivity contribution is 5.99. The molecule has 0 atom stereocenters. The molecule has 84 valence electrons. The molecule has 0 fully saturated rings. The van der Waals surface area contributed by atoms with Crippen molar-refractivity contribution in [3.8, 4) is 0 Å². The van der Waals surface area contributed by atoms with Gasteiger partial charge in [0.15, 0.2) is 5.78 Å². The van der Waals surface area contributed by atoms with Gasteiger partial charge in [0, 0.05) is 25.0 Å². The number of hydrogen-bond donors (Lipinski definition) is 0. The molecule has 0 aliphatic heterocycles. The maximum absolute atomic E-state index is 11.4. The quantitative estimate of drug-likeness (QED) is 0.719. The molecule has 0 aliphatic rings. The van der Waals surface area contributed by atoms with Gasteiger partial charge in [-0.1, -0.05) is 23.8 Å². The van der Waals surface area contributed by atoms with Crippen molar-refractivity contribution in [2.45, 2.75) is 13.8 Å². The van der Waals surface area contributed by atoms with Crippen molar-refractivity contribution in [1.29, 1.82) is 0 Å². The zero-order valence-corrected chi connectivity index (χ0v) is 9.97. The Hall–Kier alpha value is -1.83. The molecule has 2 nitrogen and oxygen atoms in total. The molecule has 1 aromatic rings. The minimum Gasteiger partial charge on any atom is -0.351 e. The van der Waals surface area contributed by atoms with Gasteiger partial charge in [0.25, 0.3) is 0 Å². The van der Waals surface area contributed by atoms with Crippen LogP contribution in [0.2, 0.25) is 0 Å². The van der Waals surface area contributed by atoms with Crippen molar-refractivity contribution < 1.29 is 4.79 Å². The number of carbonyl (C=O) groups excluding carboxylic acids is 1. The second-order valence-electron chi connectivity index (χ2n) is 3.89. The van der Waals surface area contributed by atoms with E-state index in [1.807, 2.05) is 56.1 Å². The third-order valence-corrected chi connectivity index (χ3v) is 2.06. The summed E-state index contributed by atoms with van der Waals surface area (Å²) in [7, 11) is 1.92. The fraction of sp³-hybridized carbons (Fsp3) is 0.214. The molecule has 0 spiro atoms. The van der Waals surface area contributed by atoms with E-state index in [2.05, 4.69) is 0 Å². The molecule has 0 unspecified atom stereocenters. The second kappa shape index (κ2) is 5.91. The van der Waals surface area contributed by atoms with Gasteiger partial charge in [0.05, 0.1) is 0 Å². The lowest BCUT2D eigenvalue weighted by Crippen LogP contribution is -2.08. The van der Waals surface area contributed by atoms with Gasteiger partial charge in [-0.25, -0.2) is 0 Å². The van der Waals surface area contributed by atoms with E-state index in [-0.39, 0.29) is 5.78 Å². The number of hydrogen-bond acceptors (Lipinski definition) is 2. The molecular formula is C14H17NO. The van der Waals surface area contributed by atoms with Crippen molar-refractivity contribution in [1.82, 2.24) is 0 Å². The molecular weight excluding hydrogens is 198 g/mol. The van der Waals surface area contributed by atoms with Crippen LogP contribution in [0.15, 0.2) is 54.3 Å². The lowest BCUT2D eigenvalue weighted by molar-refractivity contribution is -0.110. The molecule has 1 aromatic carbocycles. The average Bonchev–Trinajstić information content (AvgIpc) is 2.26. The van der Waals surface area contributed by atoms with Crippen LogP contribution < -0.4 is 4.90 Å². The fourth-order valence-electron chi connectivity index (χ4n) is 1.27. The van der Waals surface area contributed by atoms with Gasteiger partial charge in [0.1, 0.15) is 0 Å². The van der Waals surface area contributed by atoms with Gasteiger partial charge in [-0.2, -0.15) is 0 Å². The Bertz CT molecular complexity index is 400. The molecule has 0 radical (unpaired) electrons. The summed E-state index contributed by atoms with van der Waals surface area (Å²) in [5, 5.41) is 0. The Kier molecular flexibility index (Phi) is 4.52. The molecule has 0 heterocycles. The van der Waals surface area contributed by atoms with E-state index in [1.54, 1.807) is 18.4 Å². The highest BCUT2D eigenvalue weighted by Crippen LogP contribution is 2.10. The first-order valence-electron chi connectivity index (χ1n) is 5.24. The standard InChI is InChI=1S/C14H17NO/c1-12(2)11-14(16)9-10-15(3)13-7-5-4-6-8-13/h4-11H,1-3H3/b10-9+. The van der Waals surface area contributed by atoms with Gasteiger partial charge < -0.3 is 4.90 Å². The summed E-state index contributed by atoms with van der Waals surface area (Å²) < 4.78 is 0. The zero-order chi connectivity index (χ0) is 12.0. The predicted molar refractivity (Wildman–Crippen MR) is 68.4 cm³/mol. The number of ketones is 1. The fourth-order valence-corrected chi connectivity index (χ4v) is 1.27. The number of anilines is 1. The molecule has 0 amide bonds. The van der Waals surface area contributed by atoms with Gasteiger partial charge in [-0.15, -0.1) is 0 Å². The molecule has 0 bridgehead atoms. The Morgan fingerprint density at radius 2 is 1.81 bits per heavy atom. The summed E-state index contributed by atoms with van der Waals surface area (Å²) >= 11 is 0. The summed E-state index contributed by atoms with van der Waals surface area (Å²) in [4.78, 5) is 13.3. The van der Waals surface area contributed by atoms with E-state index in [1.165, 1.54) is 0 Å². The molecule has 0 N–H and O–H groups in total. The summed E-state index contributed by atoms with van der Waals surface area (Å²) in [5.41, 5.74) is 2.07. The lowest BCUT2D eigenvalue weighted by atomic mass is 10.2. The topological polar surface area (TPSA) is 20.3 Å². The maximum Gasteiger partial charge on any atom is 0.180 e. The Morgan fingerprint density at radius 1 is 1.19 bits per heavy atom. The Labute approximate surface area is 96.9 Å². The number of rotatable bonds is 4. The van der Waals surface area contributed by atoms with E-state index < -0.39 is 0 Å². The Balaban J connectivity index is 2.65. The van der Waals surface area contributed by atoms with Crippen LogP contribution in [0.3, 0.4) is 0 Å². The van der Waals surface area contributed by atoms with E-state index in [4.69, 9.17) is 0 Å². The van der Waals surface area contributed by atoms with Gasteiger partial charge in [-0.3, -0.25) is 4.79 Å². The van der Waals surface area contributed by atoms with Gasteiger partial charge in [0.2, 0.25) is 0 Å². The van der Waals surface area contributed by atoms with Crippen LogP contribution in [0.1, 0.15) is 13.8 Å². The van der Waals surface area contributed by atoms with Crippen molar-refractivity contribution in [3.05, 3.63) is 54.3 Å². The first kappa shape index (κ1) is 12.2. The molecule has 0 saturated carbocycles. The van der Waals surface area contributed by atoms with E-state index >= 15 is 0 Å². The molecule has 0 aliphatic carbocycles. The summed E-state index contributed by atoms with van der Waals surface area (Å²) in [6.07, 6.45) is 4.96. The number of para-hydroxylation sites is 1. The number of allylic oxidation sites excluding steroid dienone is 3. The van der Waals surface area contributed by atoms with Crippen LogP contribution in [0.5, 0.6) is 0 Å². The highest BCUT2D eigenvalue weighted by Gasteiger charge is 1.95. The predicted octanol–water partition coefficient (Wildman–Crippen LogP) is 3.17. The highest BCUT2D eigenvalue weighted by atomic mass is 16.1. The minimum atomic E-state index is 0.0165. The molecule has 1 rings (SSSR count). The maximum atomic E-state index is 11.4. The van der Waals surface area contributed by atoms with Crippen molar-refractivity contribution >= 4 is 11.5 Å². The summed E-state index contributed by atoms with van der Waals surface area (Å²) in [6.45, 7) is 3.82. The lowest BCUT2D eigenvalue weighted by Gasteiger charge is -2.12. The monoisotopic (exact) mass is 215 g/mol. The van der Waals surface area contributed by atoms with Crippen molar-refractivity contribution in [2.24, 2.45) is 0 Å². The third kappa shape index (κ3) is 4.13. The first-order chi connectivity index (χ1) is 7.59. The van der Waals surface area contributed by atoms with Crippen LogP contribution in [0.4, 0.5) is 5.69 Å². The van der Waals surface area contributed by atoms with Crippen LogP contribution in [0.25, 0.3) is 0 Å². The molecule has 16 heavy (non-hydrogen) atoms. The normalized spacial score (nSPS) is 10.2. The van der Waals surface area contributed by atoms with E-state index in [9.17, 15) is 4.79 Å². The SMILES string of the molecule is CC(C)=CC(=O)/C=C/N(C)c1ccccc1. The first-order valence-corrected chi connectivity index (χ1v) is 5.24.